The minimum Gasteiger partial charge on any atom is -0.454 e. The zero-order chi connectivity index (χ0) is 20.5. The Labute approximate surface area is 165 Å². The number of ether oxygens (including phenoxy) is 1. The average molecular weight is 393 g/mol. The first-order chi connectivity index (χ1) is 13.2. The van der Waals surface area contributed by atoms with Gasteiger partial charge in [0.1, 0.15) is 12.1 Å². The summed E-state index contributed by atoms with van der Waals surface area (Å²) in [5.74, 6) is -0.460. The highest BCUT2D eigenvalue weighted by Crippen LogP contribution is 2.38. The fourth-order valence-electron chi connectivity index (χ4n) is 4.91. The number of nitrogens with zero attached hydrogens (tertiary/aromatic N) is 2. The van der Waals surface area contributed by atoms with Gasteiger partial charge in [0.05, 0.1) is 0 Å². The molecule has 3 fully saturated rings. The molecule has 2 saturated heterocycles. The van der Waals surface area contributed by atoms with Crippen LogP contribution in [0, 0.1) is 17.8 Å². The van der Waals surface area contributed by atoms with Crippen molar-refractivity contribution in [1.82, 2.24) is 15.1 Å². The summed E-state index contributed by atoms with van der Waals surface area (Å²) in [5, 5.41) is 2.80. The maximum absolute atomic E-state index is 12.9. The van der Waals surface area contributed by atoms with Crippen LogP contribution in [0.25, 0.3) is 0 Å². The van der Waals surface area contributed by atoms with Crippen molar-refractivity contribution < 1.29 is 23.9 Å². The standard InChI is InChI=1S/C20H31N3O5/c1-13-8-14(2)10-22(9-13)16(24)12-28-17(25)11-23-18(26)20(21-19(23)27)7-5-4-6-15(20)3/h13-15H,4-12H2,1-3H3,(H,21,27)/t13-,14+,15-,20-/m0/s1. The summed E-state index contributed by atoms with van der Waals surface area (Å²) in [4.78, 5) is 52.3. The molecule has 8 heteroatoms. The van der Waals surface area contributed by atoms with E-state index in [0.717, 1.165) is 30.6 Å². The van der Waals surface area contributed by atoms with Crippen LogP contribution in [0.2, 0.25) is 0 Å². The van der Waals surface area contributed by atoms with E-state index in [1.165, 1.54) is 0 Å². The molecule has 8 nitrogen and oxygen atoms in total. The summed E-state index contributed by atoms with van der Waals surface area (Å²) >= 11 is 0. The molecule has 2 heterocycles. The number of likely N-dealkylation sites (tertiary alicyclic amines) is 1. The Kier molecular flexibility index (Phi) is 5.95. The molecule has 0 radical (unpaired) electrons. The van der Waals surface area contributed by atoms with Gasteiger partial charge in [0.25, 0.3) is 11.8 Å². The number of nitrogens with one attached hydrogen (secondary N) is 1. The van der Waals surface area contributed by atoms with Crippen molar-refractivity contribution >= 4 is 23.8 Å². The number of hydrogen-bond acceptors (Lipinski definition) is 5. The Morgan fingerprint density at radius 3 is 2.46 bits per heavy atom. The van der Waals surface area contributed by atoms with Gasteiger partial charge in [0, 0.05) is 13.1 Å². The van der Waals surface area contributed by atoms with Gasteiger partial charge < -0.3 is 15.0 Å². The smallest absolute Gasteiger partial charge is 0.326 e. The molecule has 0 unspecified atom stereocenters. The van der Waals surface area contributed by atoms with Gasteiger partial charge >= 0.3 is 12.0 Å². The van der Waals surface area contributed by atoms with Crippen LogP contribution >= 0.6 is 0 Å². The van der Waals surface area contributed by atoms with Crippen molar-refractivity contribution in [2.75, 3.05) is 26.2 Å². The molecule has 156 valence electrons. The molecule has 0 aromatic carbocycles. The van der Waals surface area contributed by atoms with Gasteiger partial charge in [0.15, 0.2) is 6.61 Å². The lowest BCUT2D eigenvalue weighted by atomic mass is 9.73. The third kappa shape index (κ3) is 4.00. The zero-order valence-corrected chi connectivity index (χ0v) is 17.0. The fraction of sp³-hybridized carbons (Fsp3) is 0.800. The van der Waals surface area contributed by atoms with Gasteiger partial charge in [0.2, 0.25) is 0 Å². The first kappa shape index (κ1) is 20.6. The molecule has 28 heavy (non-hydrogen) atoms. The number of rotatable bonds is 4. The quantitative estimate of drug-likeness (QED) is 0.577. The van der Waals surface area contributed by atoms with Gasteiger partial charge in [-0.2, -0.15) is 0 Å². The summed E-state index contributed by atoms with van der Waals surface area (Å²) in [6, 6.07) is -0.555. The molecule has 2 aliphatic heterocycles. The van der Waals surface area contributed by atoms with Crippen LogP contribution in [0.5, 0.6) is 0 Å². The largest absolute Gasteiger partial charge is 0.454 e. The lowest BCUT2D eigenvalue weighted by Crippen LogP contribution is -2.54. The highest BCUT2D eigenvalue weighted by atomic mass is 16.5. The molecule has 0 bridgehead atoms. The van der Waals surface area contributed by atoms with Gasteiger partial charge in [-0.1, -0.05) is 33.6 Å². The Balaban J connectivity index is 1.53. The number of esters is 1. The van der Waals surface area contributed by atoms with E-state index in [1.54, 1.807) is 4.90 Å². The molecule has 1 N–H and O–H groups in total. The van der Waals surface area contributed by atoms with Crippen molar-refractivity contribution in [3.8, 4) is 0 Å². The van der Waals surface area contributed by atoms with Crippen molar-refractivity contribution in [3.63, 3.8) is 0 Å². The van der Waals surface area contributed by atoms with Crippen molar-refractivity contribution in [1.29, 1.82) is 0 Å². The van der Waals surface area contributed by atoms with Crippen LogP contribution in [-0.4, -0.2) is 65.4 Å². The summed E-state index contributed by atoms with van der Waals surface area (Å²) in [6.07, 6.45) is 4.44. The van der Waals surface area contributed by atoms with Gasteiger partial charge in [-0.05, 0) is 37.0 Å². The van der Waals surface area contributed by atoms with Gasteiger partial charge in [-0.3, -0.25) is 19.3 Å². The second-order valence-electron chi connectivity index (χ2n) is 8.85. The minimum atomic E-state index is -0.897. The van der Waals surface area contributed by atoms with Crippen molar-refractivity contribution in [2.45, 2.75) is 58.4 Å². The fourth-order valence-corrected chi connectivity index (χ4v) is 4.91. The predicted molar refractivity (Wildman–Crippen MR) is 101 cm³/mol. The predicted octanol–water partition coefficient (Wildman–Crippen LogP) is 1.53. The maximum atomic E-state index is 12.9. The average Bonchev–Trinajstić information content (AvgIpc) is 2.86. The van der Waals surface area contributed by atoms with Crippen molar-refractivity contribution in [2.24, 2.45) is 17.8 Å². The molecular formula is C20H31N3O5. The van der Waals surface area contributed by atoms with Crippen LogP contribution in [0.4, 0.5) is 4.79 Å². The number of piperidine rings is 1. The van der Waals surface area contributed by atoms with E-state index in [-0.39, 0.29) is 24.3 Å². The zero-order valence-electron chi connectivity index (χ0n) is 17.0. The number of hydrogen-bond donors (Lipinski definition) is 1. The summed E-state index contributed by atoms with van der Waals surface area (Å²) < 4.78 is 5.08. The van der Waals surface area contributed by atoms with E-state index < -0.39 is 24.1 Å². The SMILES string of the molecule is C[C@@H]1C[C@H](C)CN(C(=O)COC(=O)CN2C(=O)N[C@]3(CCCC[C@@H]3C)C2=O)C1. The number of amides is 4. The first-order valence-corrected chi connectivity index (χ1v) is 10.3. The Morgan fingerprint density at radius 1 is 1.14 bits per heavy atom. The minimum absolute atomic E-state index is 0.0309. The van der Waals surface area contributed by atoms with E-state index in [2.05, 4.69) is 19.2 Å². The second-order valence-corrected chi connectivity index (χ2v) is 8.85. The van der Waals surface area contributed by atoms with E-state index >= 15 is 0 Å². The monoisotopic (exact) mass is 393 g/mol. The topological polar surface area (TPSA) is 96.0 Å². The van der Waals surface area contributed by atoms with E-state index in [9.17, 15) is 19.2 Å². The molecule has 1 spiro atoms. The number of imide groups is 1. The molecular weight excluding hydrogens is 362 g/mol. The molecule has 4 amide bonds. The van der Waals surface area contributed by atoms with E-state index in [4.69, 9.17) is 4.74 Å². The van der Waals surface area contributed by atoms with Crippen LogP contribution in [0.1, 0.15) is 52.9 Å². The third-order valence-corrected chi connectivity index (χ3v) is 6.37. The molecule has 4 atom stereocenters. The molecule has 3 aliphatic rings. The normalized spacial score (nSPS) is 33.2. The Bertz CT molecular complexity index is 656. The van der Waals surface area contributed by atoms with E-state index in [1.807, 2.05) is 6.92 Å². The van der Waals surface area contributed by atoms with Gasteiger partial charge in [-0.25, -0.2) is 4.79 Å². The highest BCUT2D eigenvalue weighted by molar-refractivity contribution is 6.09. The summed E-state index contributed by atoms with van der Waals surface area (Å²) in [7, 11) is 0. The molecule has 3 rings (SSSR count). The number of carbonyl (C=O) groups is 4. The molecule has 0 aromatic rings. The third-order valence-electron chi connectivity index (χ3n) is 6.37. The molecule has 1 aliphatic carbocycles. The second kappa shape index (κ2) is 8.09. The van der Waals surface area contributed by atoms with Crippen LogP contribution in [0.3, 0.4) is 0 Å². The number of urea groups is 1. The summed E-state index contributed by atoms with van der Waals surface area (Å²) in [5.41, 5.74) is -0.897. The molecule has 0 aromatic heterocycles. The summed E-state index contributed by atoms with van der Waals surface area (Å²) in [6.45, 7) is 6.66. The first-order valence-electron chi connectivity index (χ1n) is 10.3. The van der Waals surface area contributed by atoms with Crippen LogP contribution in [-0.2, 0) is 19.1 Å². The highest BCUT2D eigenvalue weighted by Gasteiger charge is 2.55. The lowest BCUT2D eigenvalue weighted by Gasteiger charge is -2.36. The van der Waals surface area contributed by atoms with Crippen LogP contribution in [0.15, 0.2) is 0 Å². The maximum Gasteiger partial charge on any atom is 0.326 e. The van der Waals surface area contributed by atoms with Crippen molar-refractivity contribution in [3.05, 3.63) is 0 Å². The van der Waals surface area contributed by atoms with Crippen LogP contribution < -0.4 is 5.32 Å². The van der Waals surface area contributed by atoms with E-state index in [0.29, 0.717) is 31.3 Å². The number of carbonyl (C=O) groups excluding carboxylic acids is 4. The Hall–Kier alpha value is -2.12. The lowest BCUT2D eigenvalue weighted by molar-refractivity contribution is -0.155. The van der Waals surface area contributed by atoms with Gasteiger partial charge in [-0.15, -0.1) is 0 Å². The Morgan fingerprint density at radius 2 is 1.82 bits per heavy atom. The molecule has 1 saturated carbocycles.